The monoisotopic (exact) mass is 560 g/mol. The van der Waals surface area contributed by atoms with Crippen LogP contribution in [0, 0.1) is 17.1 Å². The number of aryl methyl sites for hydroxylation is 1. The van der Waals surface area contributed by atoms with Crippen LogP contribution in [-0.2, 0) is 22.9 Å². The lowest BCUT2D eigenvalue weighted by Crippen LogP contribution is -2.48. The minimum atomic E-state index is -0.578. The fourth-order valence-electron chi connectivity index (χ4n) is 4.92. The van der Waals surface area contributed by atoms with Gasteiger partial charge in [0.25, 0.3) is 0 Å². The number of carbonyl (C=O) groups is 1. The summed E-state index contributed by atoms with van der Waals surface area (Å²) in [6.07, 6.45) is -0.0173. The number of morpholine rings is 1. The molecule has 5 rings (SSSR count). The predicted molar refractivity (Wildman–Crippen MR) is 153 cm³/mol. The lowest BCUT2D eigenvalue weighted by atomic mass is 9.90. The average Bonchev–Trinajstić information content (AvgIpc) is 3.20. The minimum Gasteiger partial charge on any atom is -0.444 e. The molecule has 1 saturated heterocycles. The Kier molecular flexibility index (Phi) is 7.54. The minimum absolute atomic E-state index is 0.0112. The Morgan fingerprint density at radius 1 is 1.15 bits per heavy atom. The Morgan fingerprint density at radius 3 is 2.62 bits per heavy atom. The molecule has 2 heterocycles. The zero-order valence-corrected chi connectivity index (χ0v) is 23.6. The molecule has 9 heteroatoms. The Morgan fingerprint density at radius 2 is 1.90 bits per heavy atom. The van der Waals surface area contributed by atoms with Gasteiger partial charge < -0.3 is 14.4 Å². The summed E-state index contributed by atoms with van der Waals surface area (Å²) < 4.78 is 27.9. The van der Waals surface area contributed by atoms with Crippen LogP contribution in [0.25, 0.3) is 33.2 Å². The van der Waals surface area contributed by atoms with Gasteiger partial charge in [-0.1, -0.05) is 41.9 Å². The van der Waals surface area contributed by atoms with Crippen molar-refractivity contribution in [3.8, 4) is 28.3 Å². The SMILES string of the molecule is Cn1nc2ccc(-c3ccc(CC4CN(C(=O)OC(C)(C)C)CCO4)cc3-c3ccc(C#N)c(F)c3)cc2c1Cl. The molecule has 0 spiro atoms. The maximum Gasteiger partial charge on any atom is 0.410 e. The van der Waals surface area contributed by atoms with Crippen LogP contribution in [-0.4, -0.2) is 52.2 Å². The smallest absolute Gasteiger partial charge is 0.410 e. The highest BCUT2D eigenvalue weighted by Gasteiger charge is 2.28. The molecular weight excluding hydrogens is 531 g/mol. The number of benzene rings is 3. The Hall–Kier alpha value is -3.93. The molecule has 1 fully saturated rings. The summed E-state index contributed by atoms with van der Waals surface area (Å²) >= 11 is 6.48. The van der Waals surface area contributed by atoms with Crippen molar-refractivity contribution in [3.63, 3.8) is 0 Å². The van der Waals surface area contributed by atoms with Crippen molar-refractivity contribution in [2.45, 2.75) is 38.9 Å². The van der Waals surface area contributed by atoms with E-state index in [4.69, 9.17) is 21.1 Å². The van der Waals surface area contributed by atoms with Gasteiger partial charge in [0, 0.05) is 25.4 Å². The van der Waals surface area contributed by atoms with Crippen molar-refractivity contribution in [3.05, 3.63) is 76.7 Å². The van der Waals surface area contributed by atoms with Crippen LogP contribution in [0.3, 0.4) is 0 Å². The molecule has 1 atom stereocenters. The maximum absolute atomic E-state index is 14.7. The van der Waals surface area contributed by atoms with E-state index >= 15 is 0 Å². The topological polar surface area (TPSA) is 80.4 Å². The van der Waals surface area contributed by atoms with E-state index < -0.39 is 11.4 Å². The van der Waals surface area contributed by atoms with Gasteiger partial charge in [0.2, 0.25) is 0 Å². The number of rotatable bonds is 4. The maximum atomic E-state index is 14.7. The molecule has 1 aliphatic heterocycles. The van der Waals surface area contributed by atoms with Crippen LogP contribution in [0.5, 0.6) is 0 Å². The Labute approximate surface area is 237 Å². The molecule has 0 N–H and O–H groups in total. The number of aromatic nitrogens is 2. The van der Waals surface area contributed by atoms with Crippen LogP contribution < -0.4 is 0 Å². The molecule has 1 amide bonds. The number of hydrogen-bond donors (Lipinski definition) is 0. The molecule has 1 aliphatic rings. The van der Waals surface area contributed by atoms with Crippen molar-refractivity contribution in [2.24, 2.45) is 7.05 Å². The molecule has 1 aromatic heterocycles. The Balaban J connectivity index is 1.50. The van der Waals surface area contributed by atoms with Gasteiger partial charge in [0.05, 0.1) is 30.3 Å². The molecule has 1 unspecified atom stereocenters. The lowest BCUT2D eigenvalue weighted by molar-refractivity contribution is -0.0415. The van der Waals surface area contributed by atoms with E-state index in [1.165, 1.54) is 12.1 Å². The zero-order chi connectivity index (χ0) is 28.6. The third-order valence-corrected chi connectivity index (χ3v) is 7.26. The molecule has 0 radical (unpaired) electrons. The van der Waals surface area contributed by atoms with Crippen LogP contribution in [0.1, 0.15) is 31.9 Å². The summed E-state index contributed by atoms with van der Waals surface area (Å²) in [5, 5.41) is 15.0. The molecule has 206 valence electrons. The Bertz CT molecular complexity index is 1640. The molecule has 0 bridgehead atoms. The first-order valence-electron chi connectivity index (χ1n) is 13.1. The quantitative estimate of drug-likeness (QED) is 0.276. The van der Waals surface area contributed by atoms with Crippen LogP contribution in [0.2, 0.25) is 5.15 Å². The van der Waals surface area contributed by atoms with Crippen LogP contribution in [0.15, 0.2) is 54.6 Å². The normalized spacial score (nSPS) is 15.7. The molecule has 0 aliphatic carbocycles. The van der Waals surface area contributed by atoms with Gasteiger partial charge >= 0.3 is 6.09 Å². The van der Waals surface area contributed by atoms with Crippen molar-refractivity contribution in [1.82, 2.24) is 14.7 Å². The fourth-order valence-corrected chi connectivity index (χ4v) is 5.11. The van der Waals surface area contributed by atoms with E-state index in [0.717, 1.165) is 33.2 Å². The third-order valence-electron chi connectivity index (χ3n) is 6.81. The van der Waals surface area contributed by atoms with Gasteiger partial charge in [0.1, 0.15) is 22.6 Å². The van der Waals surface area contributed by atoms with E-state index in [1.54, 1.807) is 22.7 Å². The number of ether oxygens (including phenoxy) is 2. The van der Waals surface area contributed by atoms with Crippen molar-refractivity contribution in [2.75, 3.05) is 19.7 Å². The van der Waals surface area contributed by atoms with Gasteiger partial charge in [-0.3, -0.25) is 4.68 Å². The van der Waals surface area contributed by atoms with E-state index in [9.17, 15) is 14.4 Å². The summed E-state index contributed by atoms with van der Waals surface area (Å²) in [6, 6.07) is 18.4. The summed E-state index contributed by atoms with van der Waals surface area (Å²) in [5.41, 5.74) is 4.40. The van der Waals surface area contributed by atoms with Gasteiger partial charge in [0.15, 0.2) is 0 Å². The average molecular weight is 561 g/mol. The second kappa shape index (κ2) is 10.9. The molecule has 0 saturated carbocycles. The molecule has 40 heavy (non-hydrogen) atoms. The first kappa shape index (κ1) is 27.6. The van der Waals surface area contributed by atoms with Crippen LogP contribution >= 0.6 is 11.6 Å². The number of halogens is 2. The number of amides is 1. The number of nitrogens with zero attached hydrogens (tertiary/aromatic N) is 4. The third kappa shape index (κ3) is 5.81. The van der Waals surface area contributed by atoms with Gasteiger partial charge in [-0.15, -0.1) is 0 Å². The van der Waals surface area contributed by atoms with Crippen molar-refractivity contribution in [1.29, 1.82) is 5.26 Å². The van der Waals surface area contributed by atoms with E-state index in [-0.39, 0.29) is 17.8 Å². The number of hydrogen-bond acceptors (Lipinski definition) is 5. The molecule has 7 nitrogen and oxygen atoms in total. The number of nitriles is 1. The second-order valence-corrected chi connectivity index (χ2v) is 11.3. The summed E-state index contributed by atoms with van der Waals surface area (Å²) in [4.78, 5) is 14.3. The summed E-state index contributed by atoms with van der Waals surface area (Å²) in [5.74, 6) is -0.578. The summed E-state index contributed by atoms with van der Waals surface area (Å²) in [6.45, 7) is 6.84. The molecule has 3 aromatic carbocycles. The van der Waals surface area contributed by atoms with Gasteiger partial charge in [-0.25, -0.2) is 9.18 Å². The number of fused-ring (bicyclic) bond motifs is 1. The highest BCUT2D eigenvalue weighted by Crippen LogP contribution is 2.36. The van der Waals surface area contributed by atoms with Gasteiger partial charge in [-0.05, 0) is 72.9 Å². The van der Waals surface area contributed by atoms with Crippen molar-refractivity contribution >= 4 is 28.6 Å². The van der Waals surface area contributed by atoms with Crippen LogP contribution in [0.4, 0.5) is 9.18 Å². The zero-order valence-electron chi connectivity index (χ0n) is 22.9. The van der Waals surface area contributed by atoms with E-state index in [2.05, 4.69) is 5.10 Å². The molecule has 4 aromatic rings. The first-order valence-corrected chi connectivity index (χ1v) is 13.5. The predicted octanol–water partition coefficient (Wildman–Crippen LogP) is 6.75. The molecular formula is C31H30ClFN4O3. The summed E-state index contributed by atoms with van der Waals surface area (Å²) in [7, 11) is 1.79. The largest absolute Gasteiger partial charge is 0.444 e. The van der Waals surface area contributed by atoms with Gasteiger partial charge in [-0.2, -0.15) is 10.4 Å². The highest BCUT2D eigenvalue weighted by molar-refractivity contribution is 6.34. The standard InChI is InChI=1S/C31H30ClFN4O3/c1-31(2,3)40-30(38)37-11-12-39-23(18-37)13-19-5-9-24(20-8-10-28-26(15-20)29(32)36(4)35-28)25(14-19)21-6-7-22(17-34)27(33)16-21/h5-10,14-16,23H,11-13,18H2,1-4H3. The van der Waals surface area contributed by atoms with E-state index in [0.29, 0.717) is 36.8 Å². The first-order chi connectivity index (χ1) is 19.0. The fraction of sp³-hybridized carbons (Fsp3) is 0.323. The number of carbonyl (C=O) groups excluding carboxylic acids is 1. The van der Waals surface area contributed by atoms with Crippen molar-refractivity contribution < 1.29 is 18.7 Å². The van der Waals surface area contributed by atoms with E-state index in [1.807, 2.05) is 63.2 Å². The lowest BCUT2D eigenvalue weighted by Gasteiger charge is -2.34. The second-order valence-electron chi connectivity index (χ2n) is 11.0. The highest BCUT2D eigenvalue weighted by atomic mass is 35.5.